The van der Waals surface area contributed by atoms with Gasteiger partial charge in [-0.1, -0.05) is 0 Å². The molecule has 0 bridgehead atoms. The SMILES string of the molecule is C[C@@H](O)CCCCn1c(=O)c2c(nc3n2CCN3C)n(C)c1=O. The lowest BCUT2D eigenvalue weighted by atomic mass is 10.2. The lowest BCUT2D eigenvalue weighted by molar-refractivity contribution is 0.180. The number of hydrogen-bond acceptors (Lipinski definition) is 5. The second kappa shape index (κ2) is 5.84. The Kier molecular flexibility index (Phi) is 4.01. The third-order valence-corrected chi connectivity index (χ3v) is 4.47. The Labute approximate surface area is 133 Å². The highest BCUT2D eigenvalue weighted by atomic mass is 16.3. The summed E-state index contributed by atoms with van der Waals surface area (Å²) in [5, 5.41) is 9.30. The lowest BCUT2D eigenvalue weighted by Gasteiger charge is -2.09. The number of rotatable bonds is 5. The number of aliphatic hydroxyl groups excluding tert-OH is 1. The van der Waals surface area contributed by atoms with E-state index in [0.717, 1.165) is 18.9 Å². The van der Waals surface area contributed by atoms with Gasteiger partial charge in [-0.15, -0.1) is 0 Å². The maximum Gasteiger partial charge on any atom is 0.332 e. The molecular formula is C15H23N5O3. The van der Waals surface area contributed by atoms with Gasteiger partial charge in [0.05, 0.1) is 6.10 Å². The topological polar surface area (TPSA) is 85.3 Å². The summed E-state index contributed by atoms with van der Waals surface area (Å²) in [6.07, 6.45) is 1.78. The summed E-state index contributed by atoms with van der Waals surface area (Å²) in [5.74, 6) is 0.735. The van der Waals surface area contributed by atoms with E-state index < -0.39 is 0 Å². The predicted molar refractivity (Wildman–Crippen MR) is 88.0 cm³/mol. The van der Waals surface area contributed by atoms with Gasteiger partial charge in [-0.3, -0.25) is 13.9 Å². The molecule has 0 aliphatic carbocycles. The van der Waals surface area contributed by atoms with E-state index in [1.807, 2.05) is 16.5 Å². The van der Waals surface area contributed by atoms with E-state index in [0.29, 0.717) is 37.1 Å². The molecule has 3 heterocycles. The Bertz CT molecular complexity index is 845. The number of anilines is 1. The van der Waals surface area contributed by atoms with Crippen molar-refractivity contribution >= 4 is 17.1 Å². The van der Waals surface area contributed by atoms with Crippen molar-refractivity contribution in [2.45, 2.75) is 45.4 Å². The monoisotopic (exact) mass is 321 g/mol. The van der Waals surface area contributed by atoms with Gasteiger partial charge < -0.3 is 14.6 Å². The van der Waals surface area contributed by atoms with Gasteiger partial charge in [-0.05, 0) is 26.2 Å². The third-order valence-electron chi connectivity index (χ3n) is 4.47. The van der Waals surface area contributed by atoms with Crippen LogP contribution in [-0.2, 0) is 20.1 Å². The molecular weight excluding hydrogens is 298 g/mol. The van der Waals surface area contributed by atoms with Crippen LogP contribution in [0.15, 0.2) is 9.59 Å². The summed E-state index contributed by atoms with van der Waals surface area (Å²) in [7, 11) is 3.58. The zero-order valence-electron chi connectivity index (χ0n) is 13.8. The molecule has 0 unspecified atom stereocenters. The van der Waals surface area contributed by atoms with Crippen LogP contribution in [0.3, 0.4) is 0 Å². The molecule has 0 amide bonds. The summed E-state index contributed by atoms with van der Waals surface area (Å²) in [6.45, 7) is 3.63. The number of aryl methyl sites for hydroxylation is 1. The number of fused-ring (bicyclic) bond motifs is 3. The standard InChI is InChI=1S/C15H23N5O3/c1-10(21)6-4-5-7-20-13(22)11-12(18(3)15(20)23)16-14-17(2)8-9-19(11)14/h10,21H,4-9H2,1-3H3/t10-/m1/s1. The molecule has 0 saturated carbocycles. The molecule has 8 heteroatoms. The van der Waals surface area contributed by atoms with Crippen molar-refractivity contribution in [1.29, 1.82) is 0 Å². The van der Waals surface area contributed by atoms with E-state index in [1.165, 1.54) is 9.13 Å². The first-order valence-electron chi connectivity index (χ1n) is 8.01. The van der Waals surface area contributed by atoms with E-state index in [1.54, 1.807) is 14.0 Å². The van der Waals surface area contributed by atoms with Gasteiger partial charge >= 0.3 is 5.69 Å². The number of nitrogens with zero attached hydrogens (tertiary/aromatic N) is 5. The van der Waals surface area contributed by atoms with Crippen LogP contribution in [-0.4, -0.2) is 43.5 Å². The Morgan fingerprint density at radius 1 is 1.22 bits per heavy atom. The van der Waals surface area contributed by atoms with Crippen molar-refractivity contribution in [1.82, 2.24) is 18.7 Å². The minimum Gasteiger partial charge on any atom is -0.393 e. The van der Waals surface area contributed by atoms with E-state index in [2.05, 4.69) is 4.98 Å². The zero-order valence-corrected chi connectivity index (χ0v) is 13.8. The molecule has 0 fully saturated rings. The van der Waals surface area contributed by atoms with Crippen molar-refractivity contribution < 1.29 is 5.11 Å². The van der Waals surface area contributed by atoms with Gasteiger partial charge in [-0.25, -0.2) is 4.79 Å². The Morgan fingerprint density at radius 2 is 1.96 bits per heavy atom. The molecule has 0 aromatic carbocycles. The largest absolute Gasteiger partial charge is 0.393 e. The van der Waals surface area contributed by atoms with Crippen LogP contribution in [0.5, 0.6) is 0 Å². The van der Waals surface area contributed by atoms with E-state index >= 15 is 0 Å². The Hall–Kier alpha value is -2.09. The zero-order chi connectivity index (χ0) is 16.7. The molecule has 3 rings (SSSR count). The fraction of sp³-hybridized carbons (Fsp3) is 0.667. The normalized spacial score (nSPS) is 15.4. The molecule has 0 radical (unpaired) electrons. The number of aromatic nitrogens is 4. The minimum absolute atomic E-state index is 0.269. The van der Waals surface area contributed by atoms with E-state index in [4.69, 9.17) is 0 Å². The maximum absolute atomic E-state index is 12.8. The summed E-state index contributed by atoms with van der Waals surface area (Å²) in [4.78, 5) is 31.7. The molecule has 1 aliphatic rings. The van der Waals surface area contributed by atoms with Crippen molar-refractivity contribution in [3.05, 3.63) is 20.8 Å². The summed E-state index contributed by atoms with van der Waals surface area (Å²) in [6, 6.07) is 0. The maximum atomic E-state index is 12.8. The first-order valence-corrected chi connectivity index (χ1v) is 8.01. The van der Waals surface area contributed by atoms with Gasteiger partial charge in [0.25, 0.3) is 5.56 Å². The highest BCUT2D eigenvalue weighted by Gasteiger charge is 2.25. The van der Waals surface area contributed by atoms with Crippen molar-refractivity contribution in [2.75, 3.05) is 18.5 Å². The molecule has 8 nitrogen and oxygen atoms in total. The minimum atomic E-state index is -0.356. The highest BCUT2D eigenvalue weighted by molar-refractivity contribution is 5.75. The number of imidazole rings is 1. The lowest BCUT2D eigenvalue weighted by Crippen LogP contribution is -2.39. The number of aliphatic hydroxyl groups is 1. The average Bonchev–Trinajstić information content (AvgIpc) is 3.04. The van der Waals surface area contributed by atoms with Crippen LogP contribution in [0.4, 0.5) is 5.95 Å². The third kappa shape index (κ3) is 2.56. The molecule has 0 spiro atoms. The summed E-state index contributed by atoms with van der Waals surface area (Å²) >= 11 is 0. The summed E-state index contributed by atoms with van der Waals surface area (Å²) < 4.78 is 4.63. The highest BCUT2D eigenvalue weighted by Crippen LogP contribution is 2.22. The Morgan fingerprint density at radius 3 is 2.65 bits per heavy atom. The van der Waals surface area contributed by atoms with Gasteiger partial charge in [0.2, 0.25) is 5.95 Å². The first-order chi connectivity index (χ1) is 10.9. The van der Waals surface area contributed by atoms with Gasteiger partial charge in [0.15, 0.2) is 11.2 Å². The van der Waals surface area contributed by atoms with Gasteiger partial charge in [0, 0.05) is 33.7 Å². The fourth-order valence-electron chi connectivity index (χ4n) is 3.12. The second-order valence-corrected chi connectivity index (χ2v) is 6.30. The average molecular weight is 321 g/mol. The van der Waals surface area contributed by atoms with Crippen LogP contribution < -0.4 is 16.1 Å². The molecule has 2 aromatic heterocycles. The van der Waals surface area contributed by atoms with Crippen molar-refractivity contribution in [2.24, 2.45) is 7.05 Å². The number of likely N-dealkylation sites (N-methyl/N-ethyl adjacent to an activating group) is 1. The molecule has 126 valence electrons. The smallest absolute Gasteiger partial charge is 0.332 e. The van der Waals surface area contributed by atoms with Crippen LogP contribution in [0.1, 0.15) is 26.2 Å². The van der Waals surface area contributed by atoms with Gasteiger partial charge in [-0.2, -0.15) is 4.98 Å². The van der Waals surface area contributed by atoms with Crippen molar-refractivity contribution in [3.8, 4) is 0 Å². The fourth-order valence-corrected chi connectivity index (χ4v) is 3.12. The Balaban J connectivity index is 2.02. The second-order valence-electron chi connectivity index (χ2n) is 6.30. The molecule has 2 aromatic rings. The van der Waals surface area contributed by atoms with Crippen LogP contribution in [0.2, 0.25) is 0 Å². The van der Waals surface area contributed by atoms with Crippen molar-refractivity contribution in [3.63, 3.8) is 0 Å². The molecule has 23 heavy (non-hydrogen) atoms. The van der Waals surface area contributed by atoms with Crippen LogP contribution in [0.25, 0.3) is 11.2 Å². The number of unbranched alkanes of at least 4 members (excludes halogenated alkanes) is 1. The van der Waals surface area contributed by atoms with Crippen LogP contribution in [0, 0.1) is 0 Å². The molecule has 1 N–H and O–H groups in total. The summed E-state index contributed by atoms with van der Waals surface area (Å²) in [5.41, 5.74) is 0.344. The van der Waals surface area contributed by atoms with E-state index in [-0.39, 0.29) is 17.4 Å². The molecule has 0 saturated heterocycles. The van der Waals surface area contributed by atoms with E-state index in [9.17, 15) is 14.7 Å². The quantitative estimate of drug-likeness (QED) is 0.777. The number of hydrogen-bond donors (Lipinski definition) is 1. The molecule has 1 atom stereocenters. The molecule has 1 aliphatic heterocycles. The first kappa shape index (κ1) is 15.8. The van der Waals surface area contributed by atoms with Gasteiger partial charge in [0.1, 0.15) is 0 Å². The van der Waals surface area contributed by atoms with Crippen LogP contribution >= 0.6 is 0 Å². The predicted octanol–water partition coefficient (Wildman–Crippen LogP) is -0.102.